The van der Waals surface area contributed by atoms with Gasteiger partial charge in [0, 0.05) is 18.5 Å². The fourth-order valence-electron chi connectivity index (χ4n) is 2.12. The minimum atomic E-state index is 0.0424. The molecule has 3 rings (SSSR count). The Morgan fingerprint density at radius 2 is 2.05 bits per heavy atom. The number of nitrogens with zero attached hydrogens (tertiary/aromatic N) is 1. The number of rotatable bonds is 3. The first-order chi connectivity index (χ1) is 9.63. The smallest absolute Gasteiger partial charge is 0.263 e. The molecule has 0 atom stereocenters. The summed E-state index contributed by atoms with van der Waals surface area (Å²) in [5.74, 6) is 1.55. The van der Waals surface area contributed by atoms with Gasteiger partial charge in [-0.25, -0.2) is 0 Å². The molecule has 5 heteroatoms. The molecular formula is C15H15NO3S. The Morgan fingerprint density at radius 3 is 2.80 bits per heavy atom. The molecule has 0 saturated carbocycles. The molecule has 0 fully saturated rings. The highest BCUT2D eigenvalue weighted by atomic mass is 32.1. The highest BCUT2D eigenvalue weighted by Gasteiger charge is 2.17. The van der Waals surface area contributed by atoms with Crippen molar-refractivity contribution in [2.24, 2.45) is 0 Å². The monoisotopic (exact) mass is 289 g/mol. The summed E-state index contributed by atoms with van der Waals surface area (Å²) < 4.78 is 10.6. The van der Waals surface area contributed by atoms with Crippen LogP contribution in [-0.2, 0) is 6.54 Å². The molecule has 0 unspecified atom stereocenters. The van der Waals surface area contributed by atoms with Crippen LogP contribution in [0.25, 0.3) is 0 Å². The summed E-state index contributed by atoms with van der Waals surface area (Å²) in [5, 5.41) is 0. The number of aryl methyl sites for hydroxylation is 1. The summed E-state index contributed by atoms with van der Waals surface area (Å²) in [6.07, 6.45) is 0. The third-order valence-corrected chi connectivity index (χ3v) is 4.14. The average molecular weight is 289 g/mol. The van der Waals surface area contributed by atoms with E-state index in [1.54, 1.807) is 4.90 Å². The van der Waals surface area contributed by atoms with E-state index < -0.39 is 0 Å². The fraction of sp³-hybridized carbons (Fsp3) is 0.267. The normalized spacial score (nSPS) is 12.5. The standard InChI is InChI=1S/C15H15NO3S/c1-10-3-6-14(20-10)15(17)16(2)8-11-4-5-12-13(7-11)19-9-18-12/h3-7H,8-9H2,1-2H3. The van der Waals surface area contributed by atoms with E-state index in [4.69, 9.17) is 9.47 Å². The van der Waals surface area contributed by atoms with Gasteiger partial charge in [0.05, 0.1) is 4.88 Å². The van der Waals surface area contributed by atoms with Crippen LogP contribution in [0.1, 0.15) is 20.1 Å². The van der Waals surface area contributed by atoms with E-state index >= 15 is 0 Å². The summed E-state index contributed by atoms with van der Waals surface area (Å²) in [6, 6.07) is 9.60. The Bertz CT molecular complexity index is 650. The number of fused-ring (bicyclic) bond motifs is 1. The van der Waals surface area contributed by atoms with E-state index in [-0.39, 0.29) is 12.7 Å². The number of benzene rings is 1. The Labute approximate surface area is 121 Å². The number of amides is 1. The zero-order valence-electron chi connectivity index (χ0n) is 11.4. The minimum absolute atomic E-state index is 0.0424. The van der Waals surface area contributed by atoms with E-state index in [0.717, 1.165) is 26.8 Å². The maximum absolute atomic E-state index is 12.3. The topological polar surface area (TPSA) is 38.8 Å². The summed E-state index contributed by atoms with van der Waals surface area (Å²) in [7, 11) is 1.81. The zero-order valence-corrected chi connectivity index (χ0v) is 12.2. The molecule has 2 heterocycles. The van der Waals surface area contributed by atoms with E-state index in [0.29, 0.717) is 6.54 Å². The van der Waals surface area contributed by atoms with Crippen LogP contribution in [0.3, 0.4) is 0 Å². The molecule has 1 amide bonds. The van der Waals surface area contributed by atoms with Crippen LogP contribution in [0, 0.1) is 6.92 Å². The van der Waals surface area contributed by atoms with Gasteiger partial charge in [-0.05, 0) is 36.8 Å². The first-order valence-corrected chi connectivity index (χ1v) is 7.15. The Kier molecular flexibility index (Phi) is 3.36. The summed E-state index contributed by atoms with van der Waals surface area (Å²) in [5.41, 5.74) is 1.03. The lowest BCUT2D eigenvalue weighted by Gasteiger charge is -2.16. The van der Waals surface area contributed by atoms with Gasteiger partial charge in [-0.3, -0.25) is 4.79 Å². The lowest BCUT2D eigenvalue weighted by molar-refractivity contribution is 0.0789. The van der Waals surface area contributed by atoms with Crippen LogP contribution in [0.5, 0.6) is 11.5 Å². The van der Waals surface area contributed by atoms with Crippen molar-refractivity contribution < 1.29 is 14.3 Å². The fourth-order valence-corrected chi connectivity index (χ4v) is 2.98. The van der Waals surface area contributed by atoms with Crippen LogP contribution in [-0.4, -0.2) is 24.6 Å². The molecule has 0 bridgehead atoms. The second-order valence-corrected chi connectivity index (χ2v) is 6.05. The molecule has 1 aromatic carbocycles. The van der Waals surface area contributed by atoms with Crippen LogP contribution in [0.4, 0.5) is 0 Å². The molecule has 1 aliphatic heterocycles. The third-order valence-electron chi connectivity index (χ3n) is 3.15. The molecular weight excluding hydrogens is 274 g/mol. The second-order valence-electron chi connectivity index (χ2n) is 4.76. The number of ether oxygens (including phenoxy) is 2. The van der Waals surface area contributed by atoms with Crippen molar-refractivity contribution in [1.29, 1.82) is 0 Å². The molecule has 2 aromatic rings. The van der Waals surface area contributed by atoms with Crippen molar-refractivity contribution in [1.82, 2.24) is 4.90 Å². The molecule has 4 nitrogen and oxygen atoms in total. The highest BCUT2D eigenvalue weighted by molar-refractivity contribution is 7.13. The molecule has 0 aliphatic carbocycles. The Hall–Kier alpha value is -2.01. The molecule has 1 aromatic heterocycles. The summed E-state index contributed by atoms with van der Waals surface area (Å²) >= 11 is 1.52. The first-order valence-electron chi connectivity index (χ1n) is 6.34. The van der Waals surface area contributed by atoms with E-state index in [9.17, 15) is 4.79 Å². The second kappa shape index (κ2) is 5.17. The van der Waals surface area contributed by atoms with E-state index in [1.165, 1.54) is 11.3 Å². The number of hydrogen-bond acceptors (Lipinski definition) is 4. The molecule has 0 N–H and O–H groups in total. The van der Waals surface area contributed by atoms with Gasteiger partial charge in [0.25, 0.3) is 5.91 Å². The van der Waals surface area contributed by atoms with Crippen molar-refractivity contribution in [3.63, 3.8) is 0 Å². The maximum Gasteiger partial charge on any atom is 0.263 e. The van der Waals surface area contributed by atoms with Gasteiger partial charge >= 0.3 is 0 Å². The Morgan fingerprint density at radius 1 is 1.25 bits per heavy atom. The summed E-state index contributed by atoms with van der Waals surface area (Å²) in [4.78, 5) is 15.9. The molecule has 20 heavy (non-hydrogen) atoms. The van der Waals surface area contributed by atoms with Gasteiger partial charge in [-0.1, -0.05) is 6.07 Å². The predicted octanol–water partition coefficient (Wildman–Crippen LogP) is 3.06. The van der Waals surface area contributed by atoms with Crippen LogP contribution >= 0.6 is 11.3 Å². The predicted molar refractivity (Wildman–Crippen MR) is 77.4 cm³/mol. The molecule has 0 saturated heterocycles. The molecule has 104 valence electrons. The van der Waals surface area contributed by atoms with Gasteiger partial charge in [0.15, 0.2) is 11.5 Å². The van der Waals surface area contributed by atoms with Gasteiger partial charge in [0.1, 0.15) is 0 Å². The van der Waals surface area contributed by atoms with Gasteiger partial charge in [0.2, 0.25) is 6.79 Å². The lowest BCUT2D eigenvalue weighted by Crippen LogP contribution is -2.25. The molecule has 0 spiro atoms. The van der Waals surface area contributed by atoms with Crippen molar-refractivity contribution in [3.05, 3.63) is 45.6 Å². The highest BCUT2D eigenvalue weighted by Crippen LogP contribution is 2.32. The number of thiophene rings is 1. The van der Waals surface area contributed by atoms with E-state index in [2.05, 4.69) is 0 Å². The van der Waals surface area contributed by atoms with Crippen molar-refractivity contribution >= 4 is 17.2 Å². The Balaban J connectivity index is 1.72. The van der Waals surface area contributed by atoms with Gasteiger partial charge < -0.3 is 14.4 Å². The van der Waals surface area contributed by atoms with Crippen molar-refractivity contribution in [3.8, 4) is 11.5 Å². The van der Waals surface area contributed by atoms with E-state index in [1.807, 2.05) is 44.3 Å². The minimum Gasteiger partial charge on any atom is -0.454 e. The van der Waals surface area contributed by atoms with Crippen molar-refractivity contribution in [2.75, 3.05) is 13.8 Å². The van der Waals surface area contributed by atoms with Crippen LogP contribution < -0.4 is 9.47 Å². The number of carbonyl (C=O) groups is 1. The number of hydrogen-bond donors (Lipinski definition) is 0. The van der Waals surface area contributed by atoms with Gasteiger partial charge in [-0.15, -0.1) is 11.3 Å². The van der Waals surface area contributed by atoms with Gasteiger partial charge in [-0.2, -0.15) is 0 Å². The third kappa shape index (κ3) is 2.49. The molecule has 0 radical (unpaired) electrons. The SMILES string of the molecule is Cc1ccc(C(=O)N(C)Cc2ccc3c(c2)OCO3)s1. The summed E-state index contributed by atoms with van der Waals surface area (Å²) in [6.45, 7) is 2.81. The first kappa shape index (κ1) is 13.0. The quantitative estimate of drug-likeness (QED) is 0.871. The van der Waals surface area contributed by atoms with Crippen molar-refractivity contribution in [2.45, 2.75) is 13.5 Å². The largest absolute Gasteiger partial charge is 0.454 e. The van der Waals surface area contributed by atoms with Crippen LogP contribution in [0.15, 0.2) is 30.3 Å². The van der Waals surface area contributed by atoms with Crippen LogP contribution in [0.2, 0.25) is 0 Å². The number of carbonyl (C=O) groups excluding carboxylic acids is 1. The maximum atomic E-state index is 12.3. The average Bonchev–Trinajstić information content (AvgIpc) is 3.05. The zero-order chi connectivity index (χ0) is 14.1. The molecule has 1 aliphatic rings. The lowest BCUT2D eigenvalue weighted by atomic mass is 10.2.